The molecule has 3 aromatic rings. The van der Waals surface area contributed by atoms with Gasteiger partial charge in [-0.2, -0.15) is 11.8 Å². The molecule has 0 aliphatic carbocycles. The van der Waals surface area contributed by atoms with Gasteiger partial charge in [0.05, 0.1) is 0 Å². The highest BCUT2D eigenvalue weighted by Crippen LogP contribution is 2.44. The smallest absolute Gasteiger partial charge is 0.120 e. The van der Waals surface area contributed by atoms with Crippen LogP contribution in [0.4, 0.5) is 0 Å². The van der Waals surface area contributed by atoms with Crippen LogP contribution in [0.1, 0.15) is 24.0 Å². The van der Waals surface area contributed by atoms with Crippen molar-refractivity contribution in [1.29, 1.82) is 0 Å². The Labute approximate surface area is 159 Å². The first-order valence-electron chi connectivity index (χ1n) is 9.13. The first-order chi connectivity index (χ1) is 12.8. The largest absolute Gasteiger partial charge is 0.489 e. The standard InChI is InChI=1S/C23H24O2S/c1-26-23(11-13-24-14-12-23)21-7-4-8-22(16-21)25-17-18-9-10-19-5-2-3-6-20(19)15-18/h2-10,15-16H,11-14,17H2,1H3. The molecule has 3 aromatic carbocycles. The Morgan fingerprint density at radius 3 is 2.54 bits per heavy atom. The number of hydrogen-bond donors (Lipinski definition) is 0. The third-order valence-electron chi connectivity index (χ3n) is 5.27. The average Bonchev–Trinajstić information content (AvgIpc) is 2.73. The van der Waals surface area contributed by atoms with Crippen molar-refractivity contribution in [3.05, 3.63) is 77.9 Å². The minimum Gasteiger partial charge on any atom is -0.489 e. The van der Waals surface area contributed by atoms with Gasteiger partial charge in [0.15, 0.2) is 0 Å². The van der Waals surface area contributed by atoms with Crippen molar-refractivity contribution in [3.8, 4) is 5.75 Å². The lowest BCUT2D eigenvalue weighted by atomic mass is 9.90. The SMILES string of the molecule is CSC1(c2cccc(OCc3ccc4ccccc4c3)c2)CCOCC1. The molecule has 134 valence electrons. The Morgan fingerprint density at radius 1 is 0.923 bits per heavy atom. The predicted octanol–water partition coefficient (Wildman–Crippen LogP) is 5.79. The summed E-state index contributed by atoms with van der Waals surface area (Å²) >= 11 is 1.94. The van der Waals surface area contributed by atoms with Crippen LogP contribution in [0.15, 0.2) is 66.7 Å². The third kappa shape index (κ3) is 3.60. The zero-order chi connectivity index (χ0) is 17.8. The van der Waals surface area contributed by atoms with Gasteiger partial charge in [0, 0.05) is 18.0 Å². The molecule has 26 heavy (non-hydrogen) atoms. The molecule has 1 aliphatic heterocycles. The van der Waals surface area contributed by atoms with Crippen LogP contribution in [-0.2, 0) is 16.1 Å². The van der Waals surface area contributed by atoms with Crippen LogP contribution in [0.25, 0.3) is 10.8 Å². The van der Waals surface area contributed by atoms with Crippen LogP contribution in [0, 0.1) is 0 Å². The Kier molecular flexibility index (Phi) is 5.18. The lowest BCUT2D eigenvalue weighted by Gasteiger charge is -2.36. The summed E-state index contributed by atoms with van der Waals surface area (Å²) in [5.74, 6) is 0.940. The van der Waals surface area contributed by atoms with Crippen molar-refractivity contribution in [1.82, 2.24) is 0 Å². The van der Waals surface area contributed by atoms with Gasteiger partial charge in [-0.25, -0.2) is 0 Å². The zero-order valence-electron chi connectivity index (χ0n) is 15.1. The van der Waals surface area contributed by atoms with Crippen molar-refractivity contribution >= 4 is 22.5 Å². The normalized spacial score (nSPS) is 16.5. The number of rotatable bonds is 5. The van der Waals surface area contributed by atoms with Crippen LogP contribution < -0.4 is 4.74 Å². The lowest BCUT2D eigenvalue weighted by molar-refractivity contribution is 0.0769. The van der Waals surface area contributed by atoms with E-state index < -0.39 is 0 Å². The van der Waals surface area contributed by atoms with Gasteiger partial charge in [0.1, 0.15) is 12.4 Å². The quantitative estimate of drug-likeness (QED) is 0.571. The Hall–Kier alpha value is -1.97. The highest BCUT2D eigenvalue weighted by molar-refractivity contribution is 7.99. The van der Waals surface area contributed by atoms with Gasteiger partial charge in [-0.05, 0) is 59.2 Å². The van der Waals surface area contributed by atoms with E-state index in [4.69, 9.17) is 9.47 Å². The number of fused-ring (bicyclic) bond motifs is 1. The molecule has 0 unspecified atom stereocenters. The average molecular weight is 365 g/mol. The maximum atomic E-state index is 6.12. The number of thioether (sulfide) groups is 1. The van der Waals surface area contributed by atoms with Crippen LogP contribution >= 0.6 is 11.8 Å². The molecule has 0 saturated carbocycles. The predicted molar refractivity (Wildman–Crippen MR) is 110 cm³/mol. The second kappa shape index (κ2) is 7.73. The topological polar surface area (TPSA) is 18.5 Å². The van der Waals surface area contributed by atoms with Crippen molar-refractivity contribution in [3.63, 3.8) is 0 Å². The molecule has 0 N–H and O–H groups in total. The minimum absolute atomic E-state index is 0.153. The molecule has 0 aromatic heterocycles. The van der Waals surface area contributed by atoms with E-state index in [0.717, 1.165) is 31.8 Å². The molecule has 0 spiro atoms. The Bertz CT molecular complexity index is 884. The number of benzene rings is 3. The molecule has 0 radical (unpaired) electrons. The van der Waals surface area contributed by atoms with Crippen LogP contribution in [0.3, 0.4) is 0 Å². The van der Waals surface area contributed by atoms with Crippen molar-refractivity contribution in [2.24, 2.45) is 0 Å². The number of hydrogen-bond acceptors (Lipinski definition) is 3. The van der Waals surface area contributed by atoms with E-state index in [1.807, 2.05) is 11.8 Å². The first kappa shape index (κ1) is 17.4. The summed E-state index contributed by atoms with van der Waals surface area (Å²) in [6.45, 7) is 2.26. The summed E-state index contributed by atoms with van der Waals surface area (Å²) in [6, 6.07) is 23.5. The molecule has 4 rings (SSSR count). The second-order valence-electron chi connectivity index (χ2n) is 6.81. The highest BCUT2D eigenvalue weighted by atomic mass is 32.2. The lowest BCUT2D eigenvalue weighted by Crippen LogP contribution is -2.30. The van der Waals surface area contributed by atoms with Gasteiger partial charge in [-0.15, -0.1) is 0 Å². The minimum atomic E-state index is 0.153. The zero-order valence-corrected chi connectivity index (χ0v) is 15.9. The highest BCUT2D eigenvalue weighted by Gasteiger charge is 2.33. The molecule has 1 fully saturated rings. The van der Waals surface area contributed by atoms with Crippen LogP contribution in [-0.4, -0.2) is 19.5 Å². The van der Waals surface area contributed by atoms with Gasteiger partial charge in [0.25, 0.3) is 0 Å². The third-order valence-corrected chi connectivity index (χ3v) is 6.70. The van der Waals surface area contributed by atoms with Gasteiger partial charge in [-0.3, -0.25) is 0 Å². The monoisotopic (exact) mass is 364 g/mol. The summed E-state index contributed by atoms with van der Waals surface area (Å²) in [7, 11) is 0. The summed E-state index contributed by atoms with van der Waals surface area (Å²) in [5.41, 5.74) is 2.55. The van der Waals surface area contributed by atoms with Gasteiger partial charge >= 0.3 is 0 Å². The Balaban J connectivity index is 1.51. The summed E-state index contributed by atoms with van der Waals surface area (Å²) in [4.78, 5) is 0. The molecule has 1 heterocycles. The molecule has 1 aliphatic rings. The molecule has 0 atom stereocenters. The summed E-state index contributed by atoms with van der Waals surface area (Å²) in [5, 5.41) is 2.52. The van der Waals surface area contributed by atoms with E-state index in [-0.39, 0.29) is 4.75 Å². The molecular formula is C23H24O2S. The molecule has 2 nitrogen and oxygen atoms in total. The fourth-order valence-electron chi connectivity index (χ4n) is 3.68. The van der Waals surface area contributed by atoms with Crippen molar-refractivity contribution in [2.45, 2.75) is 24.2 Å². The molecule has 0 bridgehead atoms. The van der Waals surface area contributed by atoms with E-state index in [0.29, 0.717) is 6.61 Å². The maximum Gasteiger partial charge on any atom is 0.120 e. The molecule has 3 heteroatoms. The van der Waals surface area contributed by atoms with Gasteiger partial charge in [0.2, 0.25) is 0 Å². The van der Waals surface area contributed by atoms with Crippen molar-refractivity contribution < 1.29 is 9.47 Å². The molecule has 0 amide bonds. The maximum absolute atomic E-state index is 6.12. The fraction of sp³-hybridized carbons (Fsp3) is 0.304. The van der Waals surface area contributed by atoms with E-state index in [9.17, 15) is 0 Å². The van der Waals surface area contributed by atoms with Crippen LogP contribution in [0.5, 0.6) is 5.75 Å². The number of ether oxygens (including phenoxy) is 2. The van der Waals surface area contributed by atoms with Gasteiger partial charge in [-0.1, -0.05) is 48.5 Å². The fourth-order valence-corrected chi connectivity index (χ4v) is 4.61. The summed E-state index contributed by atoms with van der Waals surface area (Å²) < 4.78 is 11.8. The van der Waals surface area contributed by atoms with Gasteiger partial charge < -0.3 is 9.47 Å². The molecule has 1 saturated heterocycles. The first-order valence-corrected chi connectivity index (χ1v) is 10.4. The van der Waals surface area contributed by atoms with E-state index in [1.165, 1.54) is 21.9 Å². The van der Waals surface area contributed by atoms with E-state index in [2.05, 4.69) is 73.0 Å². The molecular weight excluding hydrogens is 340 g/mol. The second-order valence-corrected chi connectivity index (χ2v) is 8.00. The summed E-state index contributed by atoms with van der Waals surface area (Å²) in [6.07, 6.45) is 4.32. The van der Waals surface area contributed by atoms with E-state index in [1.54, 1.807) is 0 Å². The van der Waals surface area contributed by atoms with Crippen molar-refractivity contribution in [2.75, 3.05) is 19.5 Å². The van der Waals surface area contributed by atoms with Crippen LogP contribution in [0.2, 0.25) is 0 Å². The Morgan fingerprint density at radius 2 is 1.73 bits per heavy atom. The van der Waals surface area contributed by atoms with E-state index >= 15 is 0 Å².